The highest BCUT2D eigenvalue weighted by Crippen LogP contribution is 2.33. The number of carbonyl (C=O) groups excluding carboxylic acids is 1. The lowest BCUT2D eigenvalue weighted by Gasteiger charge is -2.34. The monoisotopic (exact) mass is 464 g/mol. The van der Waals surface area contributed by atoms with Crippen LogP contribution in [0, 0.1) is 5.92 Å². The van der Waals surface area contributed by atoms with Crippen LogP contribution < -0.4 is 0 Å². The summed E-state index contributed by atoms with van der Waals surface area (Å²) in [7, 11) is 0. The molecule has 10 heteroatoms. The number of likely N-dealkylation sites (tertiary alicyclic amines) is 1. The third-order valence-corrected chi connectivity index (χ3v) is 5.92. The van der Waals surface area contributed by atoms with Gasteiger partial charge in [-0.25, -0.2) is 4.68 Å². The number of para-hydroxylation sites is 1. The smallest absolute Gasteiger partial charge is 0.388 e. The van der Waals surface area contributed by atoms with E-state index in [0.29, 0.717) is 31.5 Å². The minimum Gasteiger partial charge on any atom is -0.388 e. The van der Waals surface area contributed by atoms with Crippen molar-refractivity contribution >= 4 is 17.5 Å². The Hall–Kier alpha value is -2.91. The number of carbonyl (C=O) groups is 1. The molecule has 0 spiro atoms. The maximum absolute atomic E-state index is 13.3. The van der Waals surface area contributed by atoms with Crippen molar-refractivity contribution in [1.29, 1.82) is 0 Å². The largest absolute Gasteiger partial charge is 0.435 e. The highest BCUT2D eigenvalue weighted by Gasteiger charge is 2.38. The molecule has 32 heavy (non-hydrogen) atoms. The van der Waals surface area contributed by atoms with E-state index >= 15 is 0 Å². The van der Waals surface area contributed by atoms with E-state index < -0.39 is 23.9 Å². The minimum atomic E-state index is -4.71. The van der Waals surface area contributed by atoms with E-state index in [4.69, 9.17) is 11.6 Å². The molecule has 0 bridgehead atoms. The van der Waals surface area contributed by atoms with E-state index in [0.717, 1.165) is 10.7 Å². The second-order valence-electron chi connectivity index (χ2n) is 7.64. The fourth-order valence-electron chi connectivity index (χ4n) is 3.88. The van der Waals surface area contributed by atoms with Gasteiger partial charge in [-0.1, -0.05) is 29.8 Å². The Morgan fingerprint density at radius 1 is 1.16 bits per heavy atom. The number of rotatable bonds is 4. The summed E-state index contributed by atoms with van der Waals surface area (Å²) in [6.07, 6.45) is -1.19. The van der Waals surface area contributed by atoms with Gasteiger partial charge in [0.25, 0.3) is 5.91 Å². The fourth-order valence-corrected chi connectivity index (χ4v) is 4.10. The third kappa shape index (κ3) is 4.49. The molecule has 0 aliphatic carbocycles. The molecule has 1 amide bonds. The molecular formula is C22H20ClF3N4O2. The normalized spacial score (nSPS) is 16.2. The van der Waals surface area contributed by atoms with Gasteiger partial charge in [0.2, 0.25) is 0 Å². The quantitative estimate of drug-likeness (QED) is 0.616. The number of hydrogen-bond acceptors (Lipinski definition) is 4. The van der Waals surface area contributed by atoms with Crippen molar-refractivity contribution in [3.8, 4) is 5.69 Å². The van der Waals surface area contributed by atoms with Crippen LogP contribution in [-0.2, 0) is 6.18 Å². The molecule has 1 unspecified atom stereocenters. The van der Waals surface area contributed by atoms with Crippen molar-refractivity contribution < 1.29 is 23.1 Å². The Morgan fingerprint density at radius 3 is 2.50 bits per heavy atom. The summed E-state index contributed by atoms with van der Waals surface area (Å²) in [6.45, 7) is 0.603. The molecule has 1 atom stereocenters. The number of pyridine rings is 1. The molecular weight excluding hydrogens is 445 g/mol. The summed E-state index contributed by atoms with van der Waals surface area (Å²) in [4.78, 5) is 18.7. The zero-order valence-corrected chi connectivity index (χ0v) is 17.6. The topological polar surface area (TPSA) is 71.2 Å². The number of halogens is 4. The summed E-state index contributed by atoms with van der Waals surface area (Å²) in [6, 6.07) is 10.5. The number of aromatic nitrogens is 3. The van der Waals surface area contributed by atoms with Gasteiger partial charge < -0.3 is 10.0 Å². The van der Waals surface area contributed by atoms with Gasteiger partial charge in [-0.15, -0.1) is 0 Å². The fraction of sp³-hybridized carbons (Fsp3) is 0.318. The Balaban J connectivity index is 1.56. The molecule has 1 saturated heterocycles. The van der Waals surface area contributed by atoms with Gasteiger partial charge >= 0.3 is 6.18 Å². The van der Waals surface area contributed by atoms with Crippen molar-refractivity contribution in [2.45, 2.75) is 25.1 Å². The van der Waals surface area contributed by atoms with Crippen molar-refractivity contribution in [2.75, 3.05) is 13.1 Å². The lowest BCUT2D eigenvalue weighted by Crippen LogP contribution is -2.40. The van der Waals surface area contributed by atoms with Gasteiger partial charge in [0.15, 0.2) is 5.69 Å². The van der Waals surface area contributed by atoms with Gasteiger partial charge in [-0.2, -0.15) is 18.3 Å². The second kappa shape index (κ2) is 8.91. The molecule has 3 heterocycles. The molecule has 3 aromatic rings. The zero-order chi connectivity index (χ0) is 22.9. The van der Waals surface area contributed by atoms with Crippen LogP contribution in [-0.4, -0.2) is 43.8 Å². The van der Waals surface area contributed by atoms with Crippen molar-refractivity contribution in [3.63, 3.8) is 0 Å². The first-order valence-corrected chi connectivity index (χ1v) is 10.4. The summed E-state index contributed by atoms with van der Waals surface area (Å²) in [5.41, 5.74) is -0.488. The maximum Gasteiger partial charge on any atom is 0.435 e. The van der Waals surface area contributed by atoms with Crippen LogP contribution in [0.15, 0.2) is 54.9 Å². The number of aliphatic hydroxyl groups is 1. The van der Waals surface area contributed by atoms with E-state index in [1.165, 1.54) is 17.0 Å². The molecule has 168 valence electrons. The van der Waals surface area contributed by atoms with Crippen molar-refractivity contribution in [1.82, 2.24) is 19.7 Å². The van der Waals surface area contributed by atoms with Crippen LogP contribution in [0.1, 0.15) is 40.7 Å². The first-order chi connectivity index (χ1) is 15.3. The Labute approximate surface area is 187 Å². The number of aliphatic hydroxyl groups excluding tert-OH is 1. The predicted molar refractivity (Wildman–Crippen MR) is 111 cm³/mol. The van der Waals surface area contributed by atoms with E-state index in [1.54, 1.807) is 36.7 Å². The number of nitrogens with zero attached hydrogens (tertiary/aromatic N) is 4. The van der Waals surface area contributed by atoms with Gasteiger partial charge in [-0.05, 0) is 42.5 Å². The van der Waals surface area contributed by atoms with Gasteiger partial charge in [0.1, 0.15) is 5.69 Å². The van der Waals surface area contributed by atoms with Crippen LogP contribution >= 0.6 is 11.6 Å². The Bertz CT molecular complexity index is 1100. The van der Waals surface area contributed by atoms with Crippen molar-refractivity contribution in [2.24, 2.45) is 5.92 Å². The van der Waals surface area contributed by atoms with E-state index in [1.807, 2.05) is 0 Å². The van der Waals surface area contributed by atoms with Crippen molar-refractivity contribution in [3.05, 3.63) is 76.8 Å². The average Bonchev–Trinajstić information content (AvgIpc) is 3.25. The van der Waals surface area contributed by atoms with Gasteiger partial charge in [0, 0.05) is 31.5 Å². The third-order valence-electron chi connectivity index (χ3n) is 5.60. The molecule has 1 N–H and O–H groups in total. The van der Waals surface area contributed by atoms with Crippen LogP contribution in [0.4, 0.5) is 13.2 Å². The summed E-state index contributed by atoms with van der Waals surface area (Å²) in [5.74, 6) is -0.648. The van der Waals surface area contributed by atoms with E-state index in [-0.39, 0.29) is 22.3 Å². The first kappa shape index (κ1) is 22.3. The molecule has 1 fully saturated rings. The highest BCUT2D eigenvalue weighted by atomic mass is 35.5. The van der Waals surface area contributed by atoms with Gasteiger partial charge in [-0.3, -0.25) is 9.78 Å². The van der Waals surface area contributed by atoms with E-state index in [2.05, 4.69) is 10.1 Å². The first-order valence-electron chi connectivity index (χ1n) is 10.0. The Kier molecular flexibility index (Phi) is 6.21. The van der Waals surface area contributed by atoms with E-state index in [9.17, 15) is 23.1 Å². The number of benzene rings is 1. The summed E-state index contributed by atoms with van der Waals surface area (Å²) < 4.78 is 41.0. The SMILES string of the molecule is O=C(c1cc(C(F)(F)F)nn1-c1ccccc1Cl)N1CCC(C(O)c2cccnc2)CC1. The summed E-state index contributed by atoms with van der Waals surface area (Å²) in [5, 5.41) is 14.4. The molecule has 1 aliphatic rings. The van der Waals surface area contributed by atoms with Crippen LogP contribution in [0.2, 0.25) is 5.02 Å². The molecule has 0 radical (unpaired) electrons. The lowest BCUT2D eigenvalue weighted by atomic mass is 9.88. The molecule has 4 rings (SSSR count). The minimum absolute atomic E-state index is 0.0811. The second-order valence-corrected chi connectivity index (χ2v) is 8.04. The molecule has 6 nitrogen and oxygen atoms in total. The number of piperidine rings is 1. The molecule has 0 saturated carbocycles. The number of hydrogen-bond donors (Lipinski definition) is 1. The van der Waals surface area contributed by atoms with Crippen LogP contribution in [0.5, 0.6) is 0 Å². The molecule has 1 aliphatic heterocycles. The summed E-state index contributed by atoms with van der Waals surface area (Å²) >= 11 is 6.16. The average molecular weight is 465 g/mol. The Morgan fingerprint density at radius 2 is 1.88 bits per heavy atom. The highest BCUT2D eigenvalue weighted by molar-refractivity contribution is 6.32. The van der Waals surface area contributed by atoms with Gasteiger partial charge in [0.05, 0.1) is 16.8 Å². The number of alkyl halides is 3. The zero-order valence-electron chi connectivity index (χ0n) is 16.8. The molecule has 1 aromatic carbocycles. The standard InChI is InChI=1S/C22H20ClF3N4O2/c23-16-5-1-2-6-17(16)30-18(12-19(28-30)22(24,25)26)21(32)29-10-7-14(8-11-29)20(31)15-4-3-9-27-13-15/h1-6,9,12-14,20,31H,7-8,10-11H2. The maximum atomic E-state index is 13.3. The lowest BCUT2D eigenvalue weighted by molar-refractivity contribution is -0.141. The number of amides is 1. The van der Waals surface area contributed by atoms with Crippen LogP contribution in [0.3, 0.4) is 0 Å². The molecule has 2 aromatic heterocycles. The predicted octanol–water partition coefficient (Wildman–Crippen LogP) is 4.53. The van der Waals surface area contributed by atoms with Crippen LogP contribution in [0.25, 0.3) is 5.69 Å².